The second kappa shape index (κ2) is 9.33. The fourth-order valence-electron chi connectivity index (χ4n) is 4.15. The number of benzene rings is 1. The summed E-state index contributed by atoms with van der Waals surface area (Å²) in [5.41, 5.74) is 4.80. The van der Waals surface area contributed by atoms with Crippen molar-refractivity contribution in [1.29, 1.82) is 0 Å². The highest BCUT2D eigenvalue weighted by Crippen LogP contribution is 2.39. The zero-order valence-corrected chi connectivity index (χ0v) is 21.6. The first kappa shape index (κ1) is 25.6. The van der Waals surface area contributed by atoms with E-state index in [1.165, 1.54) is 16.0 Å². The number of carboxylic acid groups (broad SMARTS) is 1. The molecule has 0 spiro atoms. The summed E-state index contributed by atoms with van der Waals surface area (Å²) in [6.45, 7) is 12.7. The number of urea groups is 1. The second-order valence-corrected chi connectivity index (χ2v) is 10.9. The van der Waals surface area contributed by atoms with E-state index in [2.05, 4.69) is 50.6 Å². The zero-order chi connectivity index (χ0) is 25.4. The summed E-state index contributed by atoms with van der Waals surface area (Å²) in [4.78, 5) is 26.1. The van der Waals surface area contributed by atoms with E-state index in [1.54, 1.807) is 13.2 Å². The molecule has 0 bridgehead atoms. The fraction of sp³-hybridized carbons (Fsp3) is 0.480. The highest BCUT2D eigenvalue weighted by Gasteiger charge is 2.41. The summed E-state index contributed by atoms with van der Waals surface area (Å²) >= 11 is 6.68. The molecule has 0 radical (unpaired) electrons. The van der Waals surface area contributed by atoms with Gasteiger partial charge in [-0.2, -0.15) is 5.10 Å². The monoisotopic (exact) mass is 487 g/mol. The van der Waals surface area contributed by atoms with E-state index in [-0.39, 0.29) is 23.1 Å². The van der Waals surface area contributed by atoms with Crippen molar-refractivity contribution < 1.29 is 14.7 Å². The maximum absolute atomic E-state index is 13.3. The van der Waals surface area contributed by atoms with Crippen LogP contribution in [0.5, 0.6) is 0 Å². The number of hydrogen-bond acceptors (Lipinski definition) is 5. The topological polar surface area (TPSA) is 97.3 Å². The van der Waals surface area contributed by atoms with Gasteiger partial charge in [0.05, 0.1) is 5.54 Å². The van der Waals surface area contributed by atoms with Crippen LogP contribution in [-0.4, -0.2) is 39.8 Å². The lowest BCUT2D eigenvalue weighted by Gasteiger charge is -2.44. The smallest absolute Gasteiger partial charge is 0.356 e. The molecule has 3 rings (SSSR count). The quantitative estimate of drug-likeness (QED) is 0.534. The second-order valence-electron chi connectivity index (χ2n) is 10.5. The molecule has 1 atom stereocenters. The number of carbonyl (C=O) groups excluding carboxylic acids is 1. The van der Waals surface area contributed by atoms with Gasteiger partial charge >= 0.3 is 12.0 Å². The molecule has 2 aliphatic rings. The molecule has 2 amide bonds. The lowest BCUT2D eigenvalue weighted by atomic mass is 9.78. The first-order chi connectivity index (χ1) is 15.7. The normalized spacial score (nSPS) is 21.0. The van der Waals surface area contributed by atoms with Crippen molar-refractivity contribution in [2.45, 2.75) is 59.9 Å². The molecular formula is C25H34ClN5O3. The predicted octanol–water partition coefficient (Wildman–Crippen LogP) is 4.83. The molecule has 0 aromatic heterocycles. The van der Waals surface area contributed by atoms with E-state index < -0.39 is 11.5 Å². The van der Waals surface area contributed by atoms with Gasteiger partial charge < -0.3 is 10.4 Å². The van der Waals surface area contributed by atoms with E-state index in [0.717, 1.165) is 29.5 Å². The first-order valence-corrected chi connectivity index (χ1v) is 11.8. The van der Waals surface area contributed by atoms with Crippen molar-refractivity contribution in [3.63, 3.8) is 0 Å². The maximum atomic E-state index is 13.3. The zero-order valence-electron chi connectivity index (χ0n) is 20.9. The third-order valence-corrected chi connectivity index (χ3v) is 6.57. The van der Waals surface area contributed by atoms with Crippen LogP contribution < -0.4 is 10.9 Å². The number of hydrazine groups is 1. The Balaban J connectivity index is 2.00. The molecule has 0 saturated heterocycles. The number of hydrazone groups is 1. The number of nitrogens with one attached hydrogen (secondary N) is 2. The number of amides is 2. The van der Waals surface area contributed by atoms with E-state index in [4.69, 9.17) is 11.6 Å². The molecule has 1 aromatic rings. The van der Waals surface area contributed by atoms with Crippen LogP contribution in [0, 0.1) is 11.3 Å². The molecule has 0 unspecified atom stereocenters. The van der Waals surface area contributed by atoms with Crippen LogP contribution in [0.2, 0.25) is 5.02 Å². The number of rotatable bonds is 6. The summed E-state index contributed by atoms with van der Waals surface area (Å²) in [6.07, 6.45) is 5.04. The van der Waals surface area contributed by atoms with E-state index in [1.807, 2.05) is 25.1 Å². The minimum absolute atomic E-state index is 0.0857. The van der Waals surface area contributed by atoms with Crippen molar-refractivity contribution in [3.05, 3.63) is 58.0 Å². The Morgan fingerprint density at radius 3 is 2.53 bits per heavy atom. The highest BCUT2D eigenvalue weighted by molar-refractivity contribution is 6.40. The predicted molar refractivity (Wildman–Crippen MR) is 134 cm³/mol. The van der Waals surface area contributed by atoms with E-state index in [0.29, 0.717) is 10.8 Å². The Kier molecular flexibility index (Phi) is 7.03. The Hall–Kier alpha value is -3.00. The third-order valence-electron chi connectivity index (χ3n) is 6.21. The van der Waals surface area contributed by atoms with Crippen molar-refractivity contribution in [1.82, 2.24) is 20.8 Å². The average Bonchev–Trinajstić information content (AvgIpc) is 2.72. The molecule has 9 heteroatoms. The number of aliphatic carboxylic acids is 1. The molecule has 8 nitrogen and oxygen atoms in total. The van der Waals surface area contributed by atoms with Gasteiger partial charge in [-0.3, -0.25) is 9.91 Å². The van der Waals surface area contributed by atoms with Crippen LogP contribution in [0.1, 0.15) is 59.1 Å². The summed E-state index contributed by atoms with van der Waals surface area (Å²) in [5, 5.41) is 18.4. The van der Waals surface area contributed by atoms with Crippen LogP contribution >= 0.6 is 11.6 Å². The van der Waals surface area contributed by atoms with Crippen LogP contribution in [0.15, 0.2) is 47.0 Å². The molecule has 34 heavy (non-hydrogen) atoms. The lowest BCUT2D eigenvalue weighted by Crippen LogP contribution is -2.56. The standard InChI is InChI=1S/C25H34ClN5O3/c1-15(2)18-14-31(21-13-20(22(32)33)28-29-30(21)7)23(34)27-25(18,6)17-9-8-16(19(26)12-17)10-11-24(3,4)5/h8-9,12-15,29H,10-11H2,1-7H3,(H,27,34)(H,32,33)/t25-/m0/s1. The molecule has 0 aliphatic carbocycles. The fourth-order valence-corrected chi connectivity index (χ4v) is 4.43. The van der Waals surface area contributed by atoms with Gasteiger partial charge in [0.25, 0.3) is 0 Å². The van der Waals surface area contributed by atoms with Gasteiger partial charge in [0.15, 0.2) is 5.71 Å². The first-order valence-electron chi connectivity index (χ1n) is 11.4. The van der Waals surface area contributed by atoms with Gasteiger partial charge in [-0.05, 0) is 53.9 Å². The number of carbonyl (C=O) groups is 2. The Labute approximate surface area is 206 Å². The molecule has 3 N–H and O–H groups in total. The van der Waals surface area contributed by atoms with Gasteiger partial charge in [-0.25, -0.2) is 15.1 Å². The minimum atomic E-state index is -1.19. The molecule has 2 aliphatic heterocycles. The van der Waals surface area contributed by atoms with Crippen molar-refractivity contribution in [3.8, 4) is 0 Å². The molecule has 2 heterocycles. The van der Waals surface area contributed by atoms with Gasteiger partial charge in [-0.15, -0.1) is 0 Å². The van der Waals surface area contributed by atoms with E-state index >= 15 is 0 Å². The van der Waals surface area contributed by atoms with Crippen LogP contribution in [-0.2, 0) is 16.8 Å². The molecule has 0 fully saturated rings. The van der Waals surface area contributed by atoms with Gasteiger partial charge in [0, 0.05) is 24.3 Å². The number of halogens is 1. The lowest BCUT2D eigenvalue weighted by molar-refractivity contribution is -0.129. The van der Waals surface area contributed by atoms with Gasteiger partial charge in [-0.1, -0.05) is 58.4 Å². The number of nitrogens with zero attached hydrogens (tertiary/aromatic N) is 3. The maximum Gasteiger partial charge on any atom is 0.356 e. The largest absolute Gasteiger partial charge is 0.476 e. The Morgan fingerprint density at radius 1 is 1.29 bits per heavy atom. The summed E-state index contributed by atoms with van der Waals surface area (Å²) < 4.78 is 0. The van der Waals surface area contributed by atoms with Crippen molar-refractivity contribution in [2.24, 2.45) is 16.4 Å². The third kappa shape index (κ3) is 5.22. The summed E-state index contributed by atoms with van der Waals surface area (Å²) in [7, 11) is 1.66. The van der Waals surface area contributed by atoms with Crippen LogP contribution in [0.25, 0.3) is 0 Å². The SMILES string of the molecule is CC(C)C1=CN(C2=CC(C(=O)O)=NNN2C)C(=O)N[C@@]1(C)c1ccc(CCC(C)(C)C)c(Cl)c1. The highest BCUT2D eigenvalue weighted by atomic mass is 35.5. The van der Waals surface area contributed by atoms with Crippen molar-refractivity contribution >= 4 is 29.3 Å². The van der Waals surface area contributed by atoms with Crippen LogP contribution in [0.3, 0.4) is 0 Å². The molecular weight excluding hydrogens is 454 g/mol. The molecule has 1 aromatic carbocycles. The number of carboxylic acids is 1. The molecule has 184 valence electrons. The minimum Gasteiger partial charge on any atom is -0.476 e. The van der Waals surface area contributed by atoms with E-state index in [9.17, 15) is 14.7 Å². The Morgan fingerprint density at radius 2 is 1.97 bits per heavy atom. The summed E-state index contributed by atoms with van der Waals surface area (Å²) in [6, 6.07) is 5.63. The Bertz CT molecular complexity index is 1090. The average molecular weight is 488 g/mol. The van der Waals surface area contributed by atoms with Crippen molar-refractivity contribution in [2.75, 3.05) is 7.05 Å². The molecule has 0 saturated carbocycles. The summed E-state index contributed by atoms with van der Waals surface area (Å²) in [5.74, 6) is -0.752. The van der Waals surface area contributed by atoms with Gasteiger partial charge in [0.2, 0.25) is 0 Å². The number of aryl methyl sites for hydroxylation is 1. The van der Waals surface area contributed by atoms with Crippen LogP contribution in [0.4, 0.5) is 4.79 Å². The van der Waals surface area contributed by atoms with Gasteiger partial charge in [0.1, 0.15) is 5.82 Å². The number of hydrogen-bond donors (Lipinski definition) is 3.